The zero-order valence-electron chi connectivity index (χ0n) is 20.7. The van der Waals surface area contributed by atoms with Gasteiger partial charge in [0.15, 0.2) is 0 Å². The molecular weight excluding hydrogens is 396 g/mol. The van der Waals surface area contributed by atoms with Crippen LogP contribution in [-0.2, 0) is 9.59 Å². The van der Waals surface area contributed by atoms with E-state index in [9.17, 15) is 9.59 Å². The minimum absolute atomic E-state index is 0.116. The lowest BCUT2D eigenvalue weighted by atomic mass is 9.47. The Hall–Kier alpha value is -1.32. The van der Waals surface area contributed by atoms with Crippen molar-refractivity contribution in [3.05, 3.63) is 12.2 Å². The summed E-state index contributed by atoms with van der Waals surface area (Å²) >= 11 is 0. The van der Waals surface area contributed by atoms with E-state index in [1.807, 2.05) is 18.0 Å². The second-order valence-electron chi connectivity index (χ2n) is 12.5. The molecule has 4 saturated carbocycles. The number of hydrogen-bond donors (Lipinski definition) is 1. The Labute approximate surface area is 195 Å². The van der Waals surface area contributed by atoms with Crippen molar-refractivity contribution in [3.8, 4) is 0 Å². The maximum Gasteiger partial charge on any atom is 0.246 e. The highest BCUT2D eigenvalue weighted by Crippen LogP contribution is 2.66. The standard InChI is InChI=1S/C28H44N2O2/c1-18(31)29-26(19-8-6-5-7-9-19)23-12-11-21-20-10-13-24-28(3,17-15-25(32)30(24)4)22(20)14-16-27(21,23)2/h15,17,19-24,26H,5-14,16H2,1-4H3,(H,29,31)/t20-,21-,22-,23+,24+,26?,27-,28+/m0/s1. The van der Waals surface area contributed by atoms with E-state index >= 15 is 0 Å². The molecule has 0 radical (unpaired) electrons. The summed E-state index contributed by atoms with van der Waals surface area (Å²) in [5, 5.41) is 3.49. The van der Waals surface area contributed by atoms with Crippen molar-refractivity contribution < 1.29 is 9.59 Å². The fourth-order valence-electron chi connectivity index (χ4n) is 9.64. The molecule has 5 rings (SSSR count). The van der Waals surface area contributed by atoms with Crippen molar-refractivity contribution in [1.82, 2.24) is 10.2 Å². The number of amides is 2. The zero-order chi connectivity index (χ0) is 22.7. The van der Waals surface area contributed by atoms with Crippen LogP contribution in [0.3, 0.4) is 0 Å². The Balaban J connectivity index is 1.41. The number of nitrogens with zero attached hydrogens (tertiary/aromatic N) is 1. The van der Waals surface area contributed by atoms with Gasteiger partial charge in [-0.1, -0.05) is 39.2 Å². The molecule has 1 heterocycles. The van der Waals surface area contributed by atoms with Gasteiger partial charge in [-0.05, 0) is 92.4 Å². The molecular formula is C28H44N2O2. The molecule has 0 spiro atoms. The van der Waals surface area contributed by atoms with Gasteiger partial charge in [0, 0.05) is 31.5 Å². The Kier molecular flexibility index (Phi) is 5.73. The molecule has 1 unspecified atom stereocenters. The normalized spacial score (nSPS) is 45.1. The SMILES string of the molecule is CC(=O)NC(C1CCCCC1)[C@H]1CC[C@H]2[C@@H]3CC[C@H]4N(C)C(=O)C=C[C@]4(C)[C@H]3CC[C@]12C. The van der Waals surface area contributed by atoms with Gasteiger partial charge in [0.25, 0.3) is 0 Å². The monoisotopic (exact) mass is 440 g/mol. The number of fused-ring (bicyclic) bond motifs is 5. The van der Waals surface area contributed by atoms with Crippen molar-refractivity contribution in [3.63, 3.8) is 0 Å². The number of hydrogen-bond acceptors (Lipinski definition) is 2. The summed E-state index contributed by atoms with van der Waals surface area (Å²) in [5.41, 5.74) is 0.459. The highest BCUT2D eigenvalue weighted by Gasteiger charge is 2.61. The van der Waals surface area contributed by atoms with E-state index in [-0.39, 0.29) is 17.2 Å². The van der Waals surface area contributed by atoms with Crippen LogP contribution in [0, 0.1) is 40.4 Å². The molecule has 4 aliphatic carbocycles. The summed E-state index contributed by atoms with van der Waals surface area (Å²) < 4.78 is 0. The Morgan fingerprint density at radius 1 is 1.03 bits per heavy atom. The molecule has 1 N–H and O–H groups in total. The third kappa shape index (κ3) is 3.38. The molecule has 178 valence electrons. The first-order chi connectivity index (χ1) is 15.3. The van der Waals surface area contributed by atoms with E-state index < -0.39 is 0 Å². The molecule has 4 fully saturated rings. The average molecular weight is 441 g/mol. The summed E-state index contributed by atoms with van der Waals surface area (Å²) in [7, 11) is 2.01. The molecule has 0 aromatic heterocycles. The van der Waals surface area contributed by atoms with Crippen LogP contribution in [0.15, 0.2) is 12.2 Å². The van der Waals surface area contributed by atoms with Crippen molar-refractivity contribution in [2.75, 3.05) is 7.05 Å². The number of carbonyl (C=O) groups excluding carboxylic acids is 2. The summed E-state index contributed by atoms with van der Waals surface area (Å²) in [6.45, 7) is 6.74. The molecule has 8 atom stereocenters. The van der Waals surface area contributed by atoms with Gasteiger partial charge in [-0.15, -0.1) is 0 Å². The maximum absolute atomic E-state index is 12.3. The van der Waals surface area contributed by atoms with E-state index in [0.29, 0.717) is 35.3 Å². The molecule has 32 heavy (non-hydrogen) atoms. The molecule has 4 heteroatoms. The van der Waals surface area contributed by atoms with Gasteiger partial charge in [-0.2, -0.15) is 0 Å². The number of likely N-dealkylation sites (N-methyl/N-ethyl adjacent to an activating group) is 1. The van der Waals surface area contributed by atoms with Crippen molar-refractivity contribution >= 4 is 11.8 Å². The third-order valence-corrected chi connectivity index (χ3v) is 11.2. The van der Waals surface area contributed by atoms with E-state index in [1.54, 1.807) is 6.92 Å². The molecule has 0 aromatic carbocycles. The van der Waals surface area contributed by atoms with Gasteiger partial charge in [0.05, 0.1) is 0 Å². The molecule has 0 bridgehead atoms. The largest absolute Gasteiger partial charge is 0.353 e. The number of rotatable bonds is 3. The molecule has 1 aliphatic heterocycles. The van der Waals surface area contributed by atoms with Gasteiger partial charge >= 0.3 is 0 Å². The Morgan fingerprint density at radius 3 is 2.50 bits per heavy atom. The van der Waals surface area contributed by atoms with Gasteiger partial charge in [0.1, 0.15) is 0 Å². The average Bonchev–Trinajstić information content (AvgIpc) is 3.12. The second-order valence-corrected chi connectivity index (χ2v) is 12.5. The predicted octanol–water partition coefficient (Wildman–Crippen LogP) is 5.33. The smallest absolute Gasteiger partial charge is 0.246 e. The van der Waals surface area contributed by atoms with Crippen LogP contribution in [0.4, 0.5) is 0 Å². The minimum Gasteiger partial charge on any atom is -0.353 e. The van der Waals surface area contributed by atoms with Crippen LogP contribution in [0.25, 0.3) is 0 Å². The van der Waals surface area contributed by atoms with Crippen LogP contribution in [-0.4, -0.2) is 35.8 Å². The summed E-state index contributed by atoms with van der Waals surface area (Å²) in [6, 6.07) is 0.724. The summed E-state index contributed by atoms with van der Waals surface area (Å²) in [5.74, 6) is 3.83. The molecule has 2 amide bonds. The number of carbonyl (C=O) groups is 2. The Morgan fingerprint density at radius 2 is 1.78 bits per heavy atom. The Bertz CT molecular complexity index is 786. The molecule has 0 saturated heterocycles. The first kappa shape index (κ1) is 22.5. The lowest BCUT2D eigenvalue weighted by Gasteiger charge is -2.60. The van der Waals surface area contributed by atoms with Crippen LogP contribution < -0.4 is 5.32 Å². The van der Waals surface area contributed by atoms with Crippen molar-refractivity contribution in [1.29, 1.82) is 0 Å². The lowest BCUT2D eigenvalue weighted by Crippen LogP contribution is -2.60. The van der Waals surface area contributed by atoms with Gasteiger partial charge < -0.3 is 10.2 Å². The van der Waals surface area contributed by atoms with E-state index in [0.717, 1.165) is 18.3 Å². The minimum atomic E-state index is 0.116. The number of nitrogens with one attached hydrogen (secondary N) is 1. The van der Waals surface area contributed by atoms with Crippen LogP contribution in [0.1, 0.15) is 91.4 Å². The lowest BCUT2D eigenvalue weighted by molar-refractivity contribution is -0.139. The molecule has 4 nitrogen and oxygen atoms in total. The van der Waals surface area contributed by atoms with Gasteiger partial charge in [-0.3, -0.25) is 9.59 Å². The van der Waals surface area contributed by atoms with E-state index in [2.05, 4.69) is 25.2 Å². The topological polar surface area (TPSA) is 49.4 Å². The van der Waals surface area contributed by atoms with Gasteiger partial charge in [-0.25, -0.2) is 0 Å². The van der Waals surface area contributed by atoms with Crippen LogP contribution >= 0.6 is 0 Å². The summed E-state index contributed by atoms with van der Waals surface area (Å²) in [4.78, 5) is 26.6. The van der Waals surface area contributed by atoms with Crippen LogP contribution in [0.5, 0.6) is 0 Å². The highest BCUT2D eigenvalue weighted by molar-refractivity contribution is 5.89. The van der Waals surface area contributed by atoms with E-state index in [4.69, 9.17) is 0 Å². The highest BCUT2D eigenvalue weighted by atomic mass is 16.2. The molecule has 5 aliphatic rings. The second kappa shape index (κ2) is 8.17. The fraction of sp³-hybridized carbons (Fsp3) is 0.857. The van der Waals surface area contributed by atoms with Gasteiger partial charge in [0.2, 0.25) is 11.8 Å². The first-order valence-electron chi connectivity index (χ1n) is 13.5. The fourth-order valence-corrected chi connectivity index (χ4v) is 9.64. The summed E-state index contributed by atoms with van der Waals surface area (Å²) in [6.07, 6.45) is 18.3. The third-order valence-electron chi connectivity index (χ3n) is 11.2. The maximum atomic E-state index is 12.3. The van der Waals surface area contributed by atoms with E-state index in [1.165, 1.54) is 64.2 Å². The zero-order valence-corrected chi connectivity index (χ0v) is 20.7. The predicted molar refractivity (Wildman–Crippen MR) is 128 cm³/mol. The first-order valence-corrected chi connectivity index (χ1v) is 13.5. The molecule has 0 aromatic rings. The quantitative estimate of drug-likeness (QED) is 0.645. The van der Waals surface area contributed by atoms with Crippen LogP contribution in [0.2, 0.25) is 0 Å². The van der Waals surface area contributed by atoms with Crippen molar-refractivity contribution in [2.24, 2.45) is 40.4 Å². The van der Waals surface area contributed by atoms with Crippen molar-refractivity contribution in [2.45, 2.75) is 103 Å².